The van der Waals surface area contributed by atoms with E-state index in [1.54, 1.807) is 0 Å². The molecule has 3 heteroatoms. The molecule has 0 bridgehead atoms. The number of nitrogens with one attached hydrogen (secondary N) is 1. The van der Waals surface area contributed by atoms with Crippen LogP contribution in [0.4, 0.5) is 0 Å². The first-order valence-electron chi connectivity index (χ1n) is 11.4. The van der Waals surface area contributed by atoms with Crippen LogP contribution in [0.25, 0.3) is 0 Å². The number of carbonyl (C=O) groups is 1. The fourth-order valence-electron chi connectivity index (χ4n) is 7.72. The van der Waals surface area contributed by atoms with E-state index in [2.05, 4.69) is 33.0 Å². The van der Waals surface area contributed by atoms with Crippen LogP contribution in [-0.4, -0.2) is 24.7 Å². The number of carbonyl (C=O) groups excluding carboxylic acids is 1. The Labute approximate surface area is 160 Å². The third kappa shape index (κ3) is 2.67. The van der Waals surface area contributed by atoms with Gasteiger partial charge in [0.15, 0.2) is 0 Å². The Morgan fingerprint density at radius 2 is 1.81 bits per heavy atom. The maximum Gasteiger partial charge on any atom is 0.223 e. The standard InChI is InChI=1S/C23H39NO2/c1-5-13-26-20-10-8-17-16-7-9-19-23(4,14-15(6-2)21(25)24-19)18(16)11-12-22(17,20)3/h15-20H,5-14H2,1-4H3,(H,24,25)/t15?,16-,17-,18-,19+,20-,22-,23+/m0/s1. The lowest BCUT2D eigenvalue weighted by atomic mass is 9.47. The van der Waals surface area contributed by atoms with E-state index in [1.807, 2.05) is 0 Å². The van der Waals surface area contributed by atoms with Gasteiger partial charge in [-0.15, -0.1) is 0 Å². The first-order chi connectivity index (χ1) is 12.4. The number of fused-ring (bicyclic) bond motifs is 5. The summed E-state index contributed by atoms with van der Waals surface area (Å²) in [4.78, 5) is 12.4. The molecule has 1 amide bonds. The zero-order chi connectivity index (χ0) is 18.5. The van der Waals surface area contributed by atoms with Gasteiger partial charge in [-0.05, 0) is 86.4 Å². The van der Waals surface area contributed by atoms with Crippen LogP contribution in [-0.2, 0) is 9.53 Å². The summed E-state index contributed by atoms with van der Waals surface area (Å²) in [6.45, 7) is 10.4. The van der Waals surface area contributed by atoms with E-state index < -0.39 is 0 Å². The van der Waals surface area contributed by atoms with Crippen LogP contribution < -0.4 is 5.32 Å². The highest BCUT2D eigenvalue weighted by molar-refractivity contribution is 5.80. The number of amides is 1. The lowest BCUT2D eigenvalue weighted by Crippen LogP contribution is -2.63. The molecule has 26 heavy (non-hydrogen) atoms. The monoisotopic (exact) mass is 361 g/mol. The normalized spacial score (nSPS) is 50.5. The molecule has 4 fully saturated rings. The van der Waals surface area contributed by atoms with Crippen LogP contribution in [0.5, 0.6) is 0 Å². The highest BCUT2D eigenvalue weighted by Crippen LogP contribution is 2.64. The lowest BCUT2D eigenvalue weighted by Gasteiger charge is -2.61. The molecule has 3 nitrogen and oxygen atoms in total. The average Bonchev–Trinajstić information content (AvgIpc) is 2.96. The van der Waals surface area contributed by atoms with Gasteiger partial charge in [0.25, 0.3) is 0 Å². The SMILES string of the molecule is CCCO[C@H]1CC[C@H]2[C@@H]3CC[C@H]4NC(=O)C(CC)C[C@]4(C)[C@H]3CC[C@]12C. The van der Waals surface area contributed by atoms with E-state index in [0.29, 0.717) is 28.9 Å². The summed E-state index contributed by atoms with van der Waals surface area (Å²) in [6, 6.07) is 0.414. The molecule has 1 N–H and O–H groups in total. The Morgan fingerprint density at radius 3 is 2.54 bits per heavy atom. The molecule has 3 aliphatic carbocycles. The van der Waals surface area contributed by atoms with Gasteiger partial charge in [0.2, 0.25) is 5.91 Å². The predicted octanol–water partition coefficient (Wildman–Crippen LogP) is 4.94. The second-order valence-electron chi connectivity index (χ2n) is 10.3. The van der Waals surface area contributed by atoms with Crippen molar-refractivity contribution in [2.75, 3.05) is 6.61 Å². The molecule has 8 atom stereocenters. The molecule has 0 radical (unpaired) electrons. The molecular weight excluding hydrogens is 322 g/mol. The summed E-state index contributed by atoms with van der Waals surface area (Å²) in [5, 5.41) is 3.44. The van der Waals surface area contributed by atoms with Crippen LogP contribution in [0.3, 0.4) is 0 Å². The average molecular weight is 362 g/mol. The number of piperidine rings is 1. The first-order valence-corrected chi connectivity index (χ1v) is 11.4. The Kier molecular flexibility index (Phi) is 4.91. The van der Waals surface area contributed by atoms with Gasteiger partial charge in [-0.25, -0.2) is 0 Å². The van der Waals surface area contributed by atoms with Crippen molar-refractivity contribution in [2.24, 2.45) is 34.5 Å². The third-order valence-corrected chi connectivity index (χ3v) is 9.17. The Hall–Kier alpha value is -0.570. The lowest BCUT2D eigenvalue weighted by molar-refractivity contribution is -0.148. The van der Waals surface area contributed by atoms with Gasteiger partial charge in [0.1, 0.15) is 0 Å². The number of rotatable bonds is 4. The van der Waals surface area contributed by atoms with Crippen LogP contribution in [0.15, 0.2) is 0 Å². The molecule has 0 aromatic heterocycles. The third-order valence-electron chi connectivity index (χ3n) is 9.17. The van der Waals surface area contributed by atoms with Gasteiger partial charge in [-0.1, -0.05) is 27.7 Å². The minimum atomic E-state index is 0.229. The van der Waals surface area contributed by atoms with Crippen molar-refractivity contribution in [1.82, 2.24) is 5.32 Å². The molecule has 0 aromatic rings. The topological polar surface area (TPSA) is 38.3 Å². The smallest absolute Gasteiger partial charge is 0.223 e. The van der Waals surface area contributed by atoms with Crippen LogP contribution in [0.2, 0.25) is 0 Å². The largest absolute Gasteiger partial charge is 0.378 e. The summed E-state index contributed by atoms with van der Waals surface area (Å²) in [5.41, 5.74) is 0.697. The molecule has 1 heterocycles. The van der Waals surface area contributed by atoms with Crippen LogP contribution in [0, 0.1) is 34.5 Å². The summed E-state index contributed by atoms with van der Waals surface area (Å²) < 4.78 is 6.33. The Morgan fingerprint density at radius 1 is 1.04 bits per heavy atom. The van der Waals surface area contributed by atoms with E-state index in [-0.39, 0.29) is 5.92 Å². The molecule has 3 saturated carbocycles. The molecule has 1 unspecified atom stereocenters. The maximum absolute atomic E-state index is 12.4. The number of hydrogen-bond donors (Lipinski definition) is 1. The van der Waals surface area contributed by atoms with Gasteiger partial charge < -0.3 is 10.1 Å². The van der Waals surface area contributed by atoms with Crippen molar-refractivity contribution >= 4 is 5.91 Å². The second kappa shape index (κ2) is 6.79. The van der Waals surface area contributed by atoms with E-state index in [4.69, 9.17) is 4.74 Å². The zero-order valence-electron chi connectivity index (χ0n) is 17.4. The molecule has 148 valence electrons. The van der Waals surface area contributed by atoms with E-state index in [0.717, 1.165) is 43.6 Å². The van der Waals surface area contributed by atoms with E-state index in [1.165, 1.54) is 38.5 Å². The van der Waals surface area contributed by atoms with Crippen molar-refractivity contribution in [3.05, 3.63) is 0 Å². The minimum absolute atomic E-state index is 0.229. The summed E-state index contributed by atoms with van der Waals surface area (Å²) in [7, 11) is 0. The maximum atomic E-state index is 12.4. The van der Waals surface area contributed by atoms with E-state index in [9.17, 15) is 4.79 Å². The summed E-state index contributed by atoms with van der Waals surface area (Å²) in [5.74, 6) is 3.02. The molecule has 1 saturated heterocycles. The zero-order valence-corrected chi connectivity index (χ0v) is 17.4. The van der Waals surface area contributed by atoms with Crippen molar-refractivity contribution in [3.8, 4) is 0 Å². The van der Waals surface area contributed by atoms with Crippen LogP contribution >= 0.6 is 0 Å². The van der Waals surface area contributed by atoms with Gasteiger partial charge in [-0.2, -0.15) is 0 Å². The van der Waals surface area contributed by atoms with Crippen molar-refractivity contribution < 1.29 is 9.53 Å². The predicted molar refractivity (Wildman–Crippen MR) is 105 cm³/mol. The molecule has 4 aliphatic rings. The second-order valence-corrected chi connectivity index (χ2v) is 10.3. The summed E-state index contributed by atoms with van der Waals surface area (Å²) >= 11 is 0. The highest BCUT2D eigenvalue weighted by Gasteiger charge is 2.61. The van der Waals surface area contributed by atoms with Gasteiger partial charge in [-0.3, -0.25) is 4.79 Å². The first kappa shape index (κ1) is 18.8. The molecular formula is C23H39NO2. The van der Waals surface area contributed by atoms with Crippen molar-refractivity contribution in [2.45, 2.75) is 97.6 Å². The minimum Gasteiger partial charge on any atom is -0.378 e. The van der Waals surface area contributed by atoms with Gasteiger partial charge in [0, 0.05) is 18.6 Å². The molecule has 0 spiro atoms. The Bertz CT molecular complexity index is 548. The number of ether oxygens (including phenoxy) is 1. The fourth-order valence-corrected chi connectivity index (χ4v) is 7.72. The number of hydrogen-bond acceptors (Lipinski definition) is 2. The quantitative estimate of drug-likeness (QED) is 0.770. The molecule has 1 aliphatic heterocycles. The van der Waals surface area contributed by atoms with Crippen molar-refractivity contribution in [1.29, 1.82) is 0 Å². The molecule has 4 rings (SSSR count). The van der Waals surface area contributed by atoms with Gasteiger partial charge >= 0.3 is 0 Å². The van der Waals surface area contributed by atoms with Crippen LogP contribution in [0.1, 0.15) is 85.5 Å². The highest BCUT2D eigenvalue weighted by atomic mass is 16.5. The summed E-state index contributed by atoms with van der Waals surface area (Å²) in [6.07, 6.45) is 11.5. The van der Waals surface area contributed by atoms with Gasteiger partial charge in [0.05, 0.1) is 6.10 Å². The fraction of sp³-hybridized carbons (Fsp3) is 0.957. The molecule has 0 aromatic carbocycles. The van der Waals surface area contributed by atoms with Crippen molar-refractivity contribution in [3.63, 3.8) is 0 Å². The van der Waals surface area contributed by atoms with E-state index >= 15 is 0 Å². The Balaban J connectivity index is 1.56.